The van der Waals surface area contributed by atoms with Gasteiger partial charge in [0.25, 0.3) is 0 Å². The number of aldehydes is 1. The minimum Gasteiger partial charge on any atom is -1.00 e. The van der Waals surface area contributed by atoms with Gasteiger partial charge in [-0.1, -0.05) is 0 Å². The number of carbonyl (C=O) groups is 1. The number of rotatable bonds is 2. The van der Waals surface area contributed by atoms with E-state index in [1.54, 1.807) is 24.8 Å². The van der Waals surface area contributed by atoms with Crippen molar-refractivity contribution in [1.82, 2.24) is 9.97 Å². The van der Waals surface area contributed by atoms with E-state index in [2.05, 4.69) is 73.7 Å². The third kappa shape index (κ3) is 7.66. The second-order valence-electron chi connectivity index (χ2n) is 3.37. The maximum atomic E-state index is 10.4. The molecule has 2 rings (SSSR count). The van der Waals surface area contributed by atoms with Crippen molar-refractivity contribution in [2.45, 2.75) is 6.61 Å². The number of hydrogen-bond donors (Lipinski definition) is 1. The summed E-state index contributed by atoms with van der Waals surface area (Å²) in [5.41, 5.74) is 1.42. The summed E-state index contributed by atoms with van der Waals surface area (Å²) in [6.45, 7) is 0.0175. The van der Waals surface area contributed by atoms with Gasteiger partial charge in [-0.15, -0.1) is 0 Å². The first kappa shape index (κ1) is 25.2. The molecule has 2 aromatic heterocycles. The predicted molar refractivity (Wildman–Crippen MR) is 97.5 cm³/mol. The van der Waals surface area contributed by atoms with E-state index in [-0.39, 0.29) is 46.0 Å². The maximum absolute atomic E-state index is 10.4. The summed E-state index contributed by atoms with van der Waals surface area (Å²) in [4.78, 5) is 18.1. The number of aliphatic hydroxyl groups excluding tert-OH is 1. The molecule has 0 bridgehead atoms. The number of carbonyl (C=O) groups excluding carboxylic acids is 1. The van der Waals surface area contributed by atoms with Crippen molar-refractivity contribution in [1.29, 1.82) is 0 Å². The van der Waals surface area contributed by atoms with E-state index in [9.17, 15) is 4.79 Å². The average molecular weight is 567 g/mol. The Hall–Kier alpha value is 0.915. The van der Waals surface area contributed by atoms with Gasteiger partial charge in [0.2, 0.25) is 0 Å². The summed E-state index contributed by atoms with van der Waals surface area (Å²) in [5, 5.41) is 8.81. The van der Waals surface area contributed by atoms with Gasteiger partial charge in [-0.05, 0) is 63.7 Å². The van der Waals surface area contributed by atoms with Gasteiger partial charge in [-0.3, -0.25) is 14.8 Å². The Morgan fingerprint density at radius 2 is 1.32 bits per heavy atom. The van der Waals surface area contributed by atoms with Crippen molar-refractivity contribution in [3.8, 4) is 0 Å². The summed E-state index contributed by atoms with van der Waals surface area (Å²) < 4.78 is 3.06. The Morgan fingerprint density at radius 3 is 1.55 bits per heavy atom. The SMILES string of the molecule is O=Cc1c(Br)cncc1Br.OCc1c(Br)cncc1Br.[B].[H-].[Na+]. The van der Waals surface area contributed by atoms with Crippen LogP contribution in [-0.4, -0.2) is 29.8 Å². The minimum atomic E-state index is 0. The average Bonchev–Trinajstić information content (AvgIpc) is 2.40. The van der Waals surface area contributed by atoms with Gasteiger partial charge < -0.3 is 6.53 Å². The first-order chi connectivity index (χ1) is 9.51. The first-order valence-electron chi connectivity index (χ1n) is 5.14. The second-order valence-corrected chi connectivity index (χ2v) is 6.79. The van der Waals surface area contributed by atoms with Crippen molar-refractivity contribution < 1.29 is 40.9 Å². The molecule has 0 saturated carbocycles. The van der Waals surface area contributed by atoms with Crippen LogP contribution in [0, 0.1) is 0 Å². The van der Waals surface area contributed by atoms with Crippen LogP contribution in [0.1, 0.15) is 17.3 Å². The minimum absolute atomic E-state index is 0. The molecule has 0 aromatic carbocycles. The predicted octanol–water partition coefficient (Wildman–Crippen LogP) is 1.25. The third-order valence-electron chi connectivity index (χ3n) is 2.12. The van der Waals surface area contributed by atoms with Gasteiger partial charge in [-0.25, -0.2) is 0 Å². The molecule has 0 amide bonds. The Balaban J connectivity index is -0.000000308. The van der Waals surface area contributed by atoms with Crippen LogP contribution < -0.4 is 29.6 Å². The van der Waals surface area contributed by atoms with E-state index in [1.807, 2.05) is 0 Å². The number of halogens is 4. The van der Waals surface area contributed by atoms with Gasteiger partial charge in [0.05, 0.1) is 6.61 Å². The normalized spacial score (nSPS) is 8.77. The van der Waals surface area contributed by atoms with Crippen LogP contribution in [0.2, 0.25) is 0 Å². The molecule has 22 heavy (non-hydrogen) atoms. The van der Waals surface area contributed by atoms with E-state index in [4.69, 9.17) is 5.11 Å². The van der Waals surface area contributed by atoms with Crippen LogP contribution in [-0.2, 0) is 6.61 Å². The molecule has 2 aromatic rings. The van der Waals surface area contributed by atoms with Crippen LogP contribution in [0.3, 0.4) is 0 Å². The first-order valence-corrected chi connectivity index (χ1v) is 8.31. The zero-order valence-electron chi connectivity index (χ0n) is 12.4. The summed E-state index contributed by atoms with van der Waals surface area (Å²) in [6, 6.07) is 0. The van der Waals surface area contributed by atoms with Gasteiger partial charge in [0.1, 0.15) is 0 Å². The molecule has 1 N–H and O–H groups in total. The molecule has 0 saturated heterocycles. The number of aromatic nitrogens is 2. The molecule has 3 radical (unpaired) electrons. The van der Waals surface area contributed by atoms with E-state index in [0.29, 0.717) is 14.5 Å². The molecule has 0 aliphatic rings. The molecule has 111 valence electrons. The van der Waals surface area contributed by atoms with Crippen molar-refractivity contribution in [2.24, 2.45) is 0 Å². The molecule has 10 heteroatoms. The van der Waals surface area contributed by atoms with Crippen molar-refractivity contribution in [3.05, 3.63) is 53.8 Å². The van der Waals surface area contributed by atoms with Crippen molar-refractivity contribution in [2.75, 3.05) is 0 Å². The van der Waals surface area contributed by atoms with E-state index in [1.165, 1.54) is 0 Å². The molecule has 2 heterocycles. The van der Waals surface area contributed by atoms with Crippen molar-refractivity contribution >= 4 is 78.4 Å². The number of aliphatic hydroxyl groups is 1. The largest absolute Gasteiger partial charge is 1.00 e. The Kier molecular flexibility index (Phi) is 15.1. The number of nitrogens with zero attached hydrogens (tertiary/aromatic N) is 2. The zero-order chi connectivity index (χ0) is 15.1. The molecular formula is C12H9BBr4N2NaO2. The fraction of sp³-hybridized carbons (Fsp3) is 0.0833. The summed E-state index contributed by atoms with van der Waals surface area (Å²) in [5.74, 6) is 0. The Morgan fingerprint density at radius 1 is 0.955 bits per heavy atom. The number of pyridine rings is 2. The Labute approximate surface area is 187 Å². The van der Waals surface area contributed by atoms with Gasteiger partial charge in [0.15, 0.2) is 6.29 Å². The van der Waals surface area contributed by atoms with Crippen LogP contribution >= 0.6 is 63.7 Å². The van der Waals surface area contributed by atoms with E-state index < -0.39 is 0 Å². The fourth-order valence-corrected chi connectivity index (χ4v) is 3.42. The van der Waals surface area contributed by atoms with Gasteiger partial charge >= 0.3 is 29.6 Å². The molecular weight excluding hydrogens is 558 g/mol. The second kappa shape index (κ2) is 13.2. The van der Waals surface area contributed by atoms with E-state index >= 15 is 0 Å². The van der Waals surface area contributed by atoms with Gasteiger partial charge in [0, 0.05) is 62.2 Å². The number of hydrogen-bond acceptors (Lipinski definition) is 4. The van der Waals surface area contributed by atoms with Gasteiger partial charge in [-0.2, -0.15) is 0 Å². The zero-order valence-corrected chi connectivity index (χ0v) is 19.8. The summed E-state index contributed by atoms with van der Waals surface area (Å²) >= 11 is 12.9. The van der Waals surface area contributed by atoms with Crippen LogP contribution in [0.15, 0.2) is 42.7 Å². The molecule has 0 unspecified atom stereocenters. The van der Waals surface area contributed by atoms with Crippen LogP contribution in [0.25, 0.3) is 0 Å². The standard InChI is InChI=1S/C6H5Br2NO.C6H3Br2NO.B.Na.H/c2*7-5-1-9-2-6(8)4(5)3-10;;;/h1-2,10H,3H2;1-3H;;;/q;;;+1;-1. The third-order valence-corrected chi connectivity index (χ3v) is 4.75. The van der Waals surface area contributed by atoms with Crippen LogP contribution in [0.4, 0.5) is 0 Å². The molecule has 0 fully saturated rings. The fourth-order valence-electron chi connectivity index (χ4n) is 1.12. The Bertz CT molecular complexity index is 585. The monoisotopic (exact) mass is 563 g/mol. The molecule has 0 aliphatic carbocycles. The molecule has 4 nitrogen and oxygen atoms in total. The van der Waals surface area contributed by atoms with E-state index in [0.717, 1.165) is 20.8 Å². The molecule has 0 atom stereocenters. The summed E-state index contributed by atoms with van der Waals surface area (Å²) in [7, 11) is 0. The van der Waals surface area contributed by atoms with Crippen LogP contribution in [0.5, 0.6) is 0 Å². The topological polar surface area (TPSA) is 63.1 Å². The smallest absolute Gasteiger partial charge is 1.00 e. The maximum Gasteiger partial charge on any atom is 1.00 e. The quantitative estimate of drug-likeness (QED) is 0.440. The van der Waals surface area contributed by atoms with Crippen molar-refractivity contribution in [3.63, 3.8) is 0 Å². The molecule has 0 aliphatic heterocycles. The summed E-state index contributed by atoms with van der Waals surface area (Å²) in [6.07, 6.45) is 7.23. The molecule has 0 spiro atoms.